The van der Waals surface area contributed by atoms with E-state index in [-0.39, 0.29) is 52.1 Å². The molecule has 0 aliphatic carbocycles. The number of carboxylic acids is 1. The Labute approximate surface area is 241 Å². The number of fused-ring (bicyclic) bond motifs is 2. The van der Waals surface area contributed by atoms with Gasteiger partial charge >= 0.3 is 17.6 Å². The van der Waals surface area contributed by atoms with Crippen molar-refractivity contribution in [3.63, 3.8) is 0 Å². The Morgan fingerprint density at radius 3 is 2.21 bits per heavy atom. The van der Waals surface area contributed by atoms with Gasteiger partial charge in [0, 0.05) is 16.5 Å². The quantitative estimate of drug-likeness (QED) is 0.0847. The topological polar surface area (TPSA) is 129 Å². The fraction of sp³-hybridized carbons (Fsp3) is 0.182. The monoisotopic (exact) mass is 564 g/mol. The standard InChI is InChI=1S/C33H28N2O7/c1-4-17-41-31-20(3)25(33(38)42-18-21-11-7-5-8-12-21)30(35(39)40)29-27(31)26(32(36)37)23-16-15-19(2)24(28(23)34-29)22-13-9-6-10-14-22/h5-16H,4,17-18H2,1-3H3,(H,36,37). The summed E-state index contributed by atoms with van der Waals surface area (Å²) >= 11 is 0. The summed E-state index contributed by atoms with van der Waals surface area (Å²) in [4.78, 5) is 43.2. The predicted molar refractivity (Wildman–Crippen MR) is 159 cm³/mol. The zero-order chi connectivity index (χ0) is 30.0. The number of pyridine rings is 1. The first-order valence-electron chi connectivity index (χ1n) is 13.4. The van der Waals surface area contributed by atoms with Crippen molar-refractivity contribution in [1.29, 1.82) is 0 Å². The number of aromatic carboxylic acids is 1. The van der Waals surface area contributed by atoms with E-state index < -0.39 is 22.5 Å². The first-order valence-corrected chi connectivity index (χ1v) is 13.4. The first kappa shape index (κ1) is 28.2. The van der Waals surface area contributed by atoms with Crippen LogP contribution in [0.4, 0.5) is 5.69 Å². The minimum atomic E-state index is -1.30. The molecule has 5 aromatic rings. The molecule has 0 atom stereocenters. The number of nitro benzene ring substituents is 1. The number of carbonyl (C=O) groups is 2. The van der Waals surface area contributed by atoms with Crippen LogP contribution in [-0.4, -0.2) is 33.6 Å². The van der Waals surface area contributed by atoms with E-state index in [0.29, 0.717) is 22.9 Å². The molecule has 0 aliphatic heterocycles. The molecule has 0 saturated heterocycles. The van der Waals surface area contributed by atoms with Crippen LogP contribution in [0.1, 0.15) is 50.8 Å². The maximum absolute atomic E-state index is 13.5. The Balaban J connectivity index is 1.90. The third-order valence-electron chi connectivity index (χ3n) is 7.10. The van der Waals surface area contributed by atoms with Gasteiger partial charge in [0.05, 0.1) is 28.0 Å². The summed E-state index contributed by atoms with van der Waals surface area (Å²) in [7, 11) is 0. The molecule has 0 saturated carbocycles. The van der Waals surface area contributed by atoms with Crippen molar-refractivity contribution in [2.45, 2.75) is 33.8 Å². The van der Waals surface area contributed by atoms with Gasteiger partial charge in [0.1, 0.15) is 17.9 Å². The van der Waals surface area contributed by atoms with Crippen molar-refractivity contribution < 1.29 is 29.1 Å². The lowest BCUT2D eigenvalue weighted by atomic mass is 9.91. The second-order valence-corrected chi connectivity index (χ2v) is 9.88. The number of carbonyl (C=O) groups excluding carboxylic acids is 1. The number of aryl methyl sites for hydroxylation is 1. The maximum Gasteiger partial charge on any atom is 0.346 e. The molecule has 0 radical (unpaired) electrons. The summed E-state index contributed by atoms with van der Waals surface area (Å²) in [5.74, 6) is -2.18. The highest BCUT2D eigenvalue weighted by molar-refractivity contribution is 6.21. The zero-order valence-electron chi connectivity index (χ0n) is 23.3. The van der Waals surface area contributed by atoms with Gasteiger partial charge in [-0.25, -0.2) is 14.6 Å². The lowest BCUT2D eigenvalue weighted by Crippen LogP contribution is -2.15. The average Bonchev–Trinajstić information content (AvgIpc) is 2.98. The number of hydrogen-bond donors (Lipinski definition) is 1. The van der Waals surface area contributed by atoms with E-state index in [9.17, 15) is 24.8 Å². The minimum Gasteiger partial charge on any atom is -0.493 e. The molecule has 5 rings (SSSR count). The van der Waals surface area contributed by atoms with Crippen LogP contribution in [0, 0.1) is 24.0 Å². The van der Waals surface area contributed by atoms with Crippen LogP contribution in [0.15, 0.2) is 72.8 Å². The number of rotatable bonds is 9. The Kier molecular flexibility index (Phi) is 7.84. The van der Waals surface area contributed by atoms with Gasteiger partial charge in [0.15, 0.2) is 5.52 Å². The lowest BCUT2D eigenvalue weighted by Gasteiger charge is -2.19. The Bertz CT molecular complexity index is 1850. The van der Waals surface area contributed by atoms with Crippen molar-refractivity contribution in [2.24, 2.45) is 0 Å². The molecule has 0 bridgehead atoms. The van der Waals surface area contributed by atoms with E-state index in [1.54, 1.807) is 36.4 Å². The summed E-state index contributed by atoms with van der Waals surface area (Å²) < 4.78 is 11.6. The molecule has 4 aromatic carbocycles. The van der Waals surface area contributed by atoms with Crippen LogP contribution in [0.5, 0.6) is 5.75 Å². The van der Waals surface area contributed by atoms with Crippen molar-refractivity contribution >= 4 is 39.4 Å². The molecule has 42 heavy (non-hydrogen) atoms. The van der Waals surface area contributed by atoms with Gasteiger partial charge in [-0.05, 0) is 37.0 Å². The molecule has 0 spiro atoms. The highest BCUT2D eigenvalue weighted by Crippen LogP contribution is 2.45. The maximum atomic E-state index is 13.5. The van der Waals surface area contributed by atoms with E-state index in [0.717, 1.165) is 11.1 Å². The van der Waals surface area contributed by atoms with Crippen LogP contribution in [0.3, 0.4) is 0 Å². The van der Waals surface area contributed by atoms with Crippen molar-refractivity contribution in [3.8, 4) is 16.9 Å². The van der Waals surface area contributed by atoms with Gasteiger partial charge in [-0.3, -0.25) is 10.1 Å². The van der Waals surface area contributed by atoms with Crippen molar-refractivity contribution in [3.05, 3.63) is 111 Å². The van der Waals surface area contributed by atoms with Gasteiger partial charge < -0.3 is 14.6 Å². The number of ether oxygens (including phenoxy) is 2. The Hall–Kier alpha value is -5.31. The van der Waals surface area contributed by atoms with E-state index in [2.05, 4.69) is 0 Å². The minimum absolute atomic E-state index is 0.0323. The molecular weight excluding hydrogens is 536 g/mol. The van der Waals surface area contributed by atoms with Gasteiger partial charge in [-0.2, -0.15) is 0 Å². The number of aromatic nitrogens is 1. The normalized spacial score (nSPS) is 11.0. The lowest BCUT2D eigenvalue weighted by molar-refractivity contribution is -0.383. The molecule has 1 heterocycles. The average molecular weight is 565 g/mol. The summed E-state index contributed by atoms with van der Waals surface area (Å²) in [6.07, 6.45) is 0.576. The van der Waals surface area contributed by atoms with E-state index in [1.165, 1.54) is 6.92 Å². The summed E-state index contributed by atoms with van der Waals surface area (Å²) in [6, 6.07) is 21.7. The molecule has 0 amide bonds. The molecule has 1 aromatic heterocycles. The SMILES string of the molecule is CCCOc1c(C)c(C(=O)OCc2ccccc2)c([N+](=O)[O-])c2nc3c(-c4ccccc4)c(C)ccc3c(C(=O)O)c12. The fourth-order valence-electron chi connectivity index (χ4n) is 5.22. The number of benzene rings is 4. The zero-order valence-corrected chi connectivity index (χ0v) is 23.3. The molecular formula is C33H28N2O7. The number of esters is 1. The molecule has 212 valence electrons. The third-order valence-corrected chi connectivity index (χ3v) is 7.10. The highest BCUT2D eigenvalue weighted by atomic mass is 16.6. The second-order valence-electron chi connectivity index (χ2n) is 9.88. The van der Waals surface area contributed by atoms with Crippen LogP contribution in [0.2, 0.25) is 0 Å². The second kappa shape index (κ2) is 11.7. The van der Waals surface area contributed by atoms with Crippen LogP contribution < -0.4 is 4.74 Å². The molecule has 0 fully saturated rings. The number of carboxylic acid groups (broad SMARTS) is 1. The molecule has 0 unspecified atom stereocenters. The highest BCUT2D eigenvalue weighted by Gasteiger charge is 2.35. The van der Waals surface area contributed by atoms with E-state index in [1.807, 2.05) is 50.2 Å². The molecule has 9 nitrogen and oxygen atoms in total. The summed E-state index contributed by atoms with van der Waals surface area (Å²) in [5.41, 5.74) is 1.89. The van der Waals surface area contributed by atoms with Gasteiger partial charge in [-0.1, -0.05) is 79.7 Å². The Morgan fingerprint density at radius 2 is 1.60 bits per heavy atom. The predicted octanol–water partition coefficient (Wildman–Crippen LogP) is 7.42. The van der Waals surface area contributed by atoms with E-state index in [4.69, 9.17) is 14.5 Å². The smallest absolute Gasteiger partial charge is 0.346 e. The molecule has 1 N–H and O–H groups in total. The first-order chi connectivity index (χ1) is 20.2. The van der Waals surface area contributed by atoms with Gasteiger partial charge in [-0.15, -0.1) is 0 Å². The van der Waals surface area contributed by atoms with E-state index >= 15 is 0 Å². The van der Waals surface area contributed by atoms with Crippen molar-refractivity contribution in [1.82, 2.24) is 4.98 Å². The largest absolute Gasteiger partial charge is 0.493 e. The fourth-order valence-corrected chi connectivity index (χ4v) is 5.22. The molecule has 0 aliphatic rings. The Morgan fingerprint density at radius 1 is 0.929 bits per heavy atom. The number of hydrogen-bond acceptors (Lipinski definition) is 7. The van der Waals surface area contributed by atoms with Crippen LogP contribution >= 0.6 is 0 Å². The summed E-state index contributed by atoms with van der Waals surface area (Å²) in [5, 5.41) is 23.5. The molecule has 9 heteroatoms. The third kappa shape index (κ3) is 5.01. The van der Waals surface area contributed by atoms with Crippen molar-refractivity contribution in [2.75, 3.05) is 6.61 Å². The number of nitrogens with zero attached hydrogens (tertiary/aromatic N) is 2. The summed E-state index contributed by atoms with van der Waals surface area (Å²) in [6.45, 7) is 5.31. The van der Waals surface area contributed by atoms with Crippen LogP contribution in [0.25, 0.3) is 32.9 Å². The van der Waals surface area contributed by atoms with Gasteiger partial charge in [0.25, 0.3) is 0 Å². The number of nitro groups is 1. The van der Waals surface area contributed by atoms with Gasteiger partial charge in [0.2, 0.25) is 0 Å². The van der Waals surface area contributed by atoms with Crippen LogP contribution in [-0.2, 0) is 11.3 Å².